The molecule has 0 amide bonds. The van der Waals surface area contributed by atoms with Gasteiger partial charge < -0.3 is 15.4 Å². The van der Waals surface area contributed by atoms with Crippen LogP contribution in [0.2, 0.25) is 0 Å². The van der Waals surface area contributed by atoms with Gasteiger partial charge in [0.1, 0.15) is 0 Å². The first-order valence-corrected chi connectivity index (χ1v) is 4.04. The van der Waals surface area contributed by atoms with Crippen LogP contribution in [0.1, 0.15) is 18.4 Å². The first kappa shape index (κ1) is 9.83. The van der Waals surface area contributed by atoms with E-state index < -0.39 is 0 Å². The molecule has 4 heteroatoms. The zero-order valence-electron chi connectivity index (χ0n) is 7.36. The standard InChI is InChI=1S/C9H13NO3/c1-6(5-10-13)7-2-3-8(11)9(12)4-7/h2-4,6,10-13H,5H2,1H3. The number of aromatic hydroxyl groups is 2. The van der Waals surface area contributed by atoms with Crippen LogP contribution in [-0.2, 0) is 0 Å². The molecule has 0 aromatic heterocycles. The van der Waals surface area contributed by atoms with Crippen LogP contribution in [0.3, 0.4) is 0 Å². The van der Waals surface area contributed by atoms with Gasteiger partial charge in [-0.2, -0.15) is 0 Å². The summed E-state index contributed by atoms with van der Waals surface area (Å²) in [5.74, 6) is -0.188. The summed E-state index contributed by atoms with van der Waals surface area (Å²) in [6.45, 7) is 2.30. The number of phenolic OH excluding ortho intramolecular Hbond substituents is 2. The van der Waals surface area contributed by atoms with Crippen molar-refractivity contribution >= 4 is 0 Å². The van der Waals surface area contributed by atoms with Gasteiger partial charge >= 0.3 is 0 Å². The van der Waals surface area contributed by atoms with E-state index >= 15 is 0 Å². The molecule has 4 N–H and O–H groups in total. The summed E-state index contributed by atoms with van der Waals surface area (Å²) in [5.41, 5.74) is 2.91. The number of hydrogen-bond donors (Lipinski definition) is 4. The van der Waals surface area contributed by atoms with Crippen LogP contribution in [0, 0.1) is 0 Å². The lowest BCUT2D eigenvalue weighted by Gasteiger charge is -2.10. The smallest absolute Gasteiger partial charge is 0.157 e. The summed E-state index contributed by atoms with van der Waals surface area (Å²) >= 11 is 0. The van der Waals surface area contributed by atoms with Crippen molar-refractivity contribution in [3.05, 3.63) is 23.8 Å². The van der Waals surface area contributed by atoms with Crippen LogP contribution in [0.25, 0.3) is 0 Å². The average molecular weight is 183 g/mol. The highest BCUT2D eigenvalue weighted by Crippen LogP contribution is 2.28. The van der Waals surface area contributed by atoms with E-state index in [0.717, 1.165) is 5.56 Å². The van der Waals surface area contributed by atoms with Crippen molar-refractivity contribution in [2.45, 2.75) is 12.8 Å². The molecule has 0 saturated heterocycles. The lowest BCUT2D eigenvalue weighted by atomic mass is 10.0. The number of benzene rings is 1. The van der Waals surface area contributed by atoms with Crippen molar-refractivity contribution in [3.8, 4) is 11.5 Å². The van der Waals surface area contributed by atoms with Crippen molar-refractivity contribution in [2.24, 2.45) is 0 Å². The SMILES string of the molecule is CC(CNO)c1ccc(O)c(O)c1. The Balaban J connectivity index is 2.84. The Bertz CT molecular complexity index is 288. The van der Waals surface area contributed by atoms with Crippen molar-refractivity contribution < 1.29 is 15.4 Å². The van der Waals surface area contributed by atoms with Crippen LogP contribution >= 0.6 is 0 Å². The van der Waals surface area contributed by atoms with Gasteiger partial charge in [-0.1, -0.05) is 13.0 Å². The molecule has 72 valence electrons. The molecule has 4 nitrogen and oxygen atoms in total. The Morgan fingerprint density at radius 2 is 2.00 bits per heavy atom. The molecule has 0 aliphatic heterocycles. The van der Waals surface area contributed by atoms with E-state index in [9.17, 15) is 5.11 Å². The average Bonchev–Trinajstić information content (AvgIpc) is 2.10. The van der Waals surface area contributed by atoms with Gasteiger partial charge in [0.25, 0.3) is 0 Å². The predicted octanol–water partition coefficient (Wildman–Crippen LogP) is 1.18. The van der Waals surface area contributed by atoms with Gasteiger partial charge in [-0.3, -0.25) is 0 Å². The molecule has 0 aliphatic carbocycles. The Morgan fingerprint density at radius 1 is 1.31 bits per heavy atom. The highest BCUT2D eigenvalue weighted by Gasteiger charge is 2.07. The van der Waals surface area contributed by atoms with E-state index in [2.05, 4.69) is 5.48 Å². The topological polar surface area (TPSA) is 72.7 Å². The Labute approximate surface area is 76.4 Å². The van der Waals surface area contributed by atoms with Crippen molar-refractivity contribution in [1.82, 2.24) is 5.48 Å². The molecule has 0 heterocycles. The normalized spacial score (nSPS) is 12.8. The summed E-state index contributed by atoms with van der Waals surface area (Å²) < 4.78 is 0. The van der Waals surface area contributed by atoms with Crippen molar-refractivity contribution in [3.63, 3.8) is 0 Å². The minimum absolute atomic E-state index is 0.0801. The lowest BCUT2D eigenvalue weighted by Crippen LogP contribution is -2.15. The molecular weight excluding hydrogens is 170 g/mol. The number of hydrogen-bond acceptors (Lipinski definition) is 4. The maximum absolute atomic E-state index is 9.18. The number of hydroxylamine groups is 1. The quantitative estimate of drug-likeness (QED) is 0.419. The fourth-order valence-corrected chi connectivity index (χ4v) is 1.10. The second-order valence-electron chi connectivity index (χ2n) is 3.01. The van der Waals surface area contributed by atoms with Gasteiger partial charge in [-0.05, 0) is 23.6 Å². The van der Waals surface area contributed by atoms with Gasteiger partial charge in [0.05, 0.1) is 0 Å². The molecule has 1 atom stereocenters. The van der Waals surface area contributed by atoms with E-state index in [-0.39, 0.29) is 17.4 Å². The first-order valence-electron chi connectivity index (χ1n) is 4.04. The fraction of sp³-hybridized carbons (Fsp3) is 0.333. The third kappa shape index (κ3) is 2.34. The molecule has 0 radical (unpaired) electrons. The van der Waals surface area contributed by atoms with Gasteiger partial charge in [0.2, 0.25) is 0 Å². The van der Waals surface area contributed by atoms with Crippen LogP contribution in [-0.4, -0.2) is 22.0 Å². The zero-order valence-corrected chi connectivity index (χ0v) is 7.36. The first-order chi connectivity index (χ1) is 6.15. The minimum Gasteiger partial charge on any atom is -0.504 e. The van der Waals surface area contributed by atoms with Crippen LogP contribution in [0.15, 0.2) is 18.2 Å². The molecule has 1 unspecified atom stereocenters. The fourth-order valence-electron chi connectivity index (χ4n) is 1.10. The molecular formula is C9H13NO3. The largest absolute Gasteiger partial charge is 0.504 e. The van der Waals surface area contributed by atoms with E-state index in [0.29, 0.717) is 6.54 Å². The van der Waals surface area contributed by atoms with Gasteiger partial charge in [-0.25, -0.2) is 5.48 Å². The molecule has 0 aliphatic rings. The van der Waals surface area contributed by atoms with Gasteiger partial charge in [0, 0.05) is 6.54 Å². The van der Waals surface area contributed by atoms with Crippen LogP contribution < -0.4 is 5.48 Å². The third-order valence-corrected chi connectivity index (χ3v) is 1.97. The van der Waals surface area contributed by atoms with E-state index in [1.54, 1.807) is 6.07 Å². The molecule has 1 rings (SSSR count). The maximum atomic E-state index is 9.18. The van der Waals surface area contributed by atoms with Crippen LogP contribution in [0.4, 0.5) is 0 Å². The highest BCUT2D eigenvalue weighted by atomic mass is 16.5. The molecule has 1 aromatic carbocycles. The molecule has 0 bridgehead atoms. The summed E-state index contributed by atoms with van der Waals surface area (Å²) in [4.78, 5) is 0. The number of nitrogens with one attached hydrogen (secondary N) is 1. The van der Waals surface area contributed by atoms with E-state index in [4.69, 9.17) is 10.3 Å². The van der Waals surface area contributed by atoms with Crippen molar-refractivity contribution in [2.75, 3.05) is 6.54 Å². The molecule has 13 heavy (non-hydrogen) atoms. The third-order valence-electron chi connectivity index (χ3n) is 1.97. The summed E-state index contributed by atoms with van der Waals surface area (Å²) in [5, 5.41) is 26.7. The maximum Gasteiger partial charge on any atom is 0.157 e. The summed E-state index contributed by atoms with van der Waals surface area (Å²) in [7, 11) is 0. The second-order valence-corrected chi connectivity index (χ2v) is 3.01. The minimum atomic E-state index is -0.137. The van der Waals surface area contributed by atoms with E-state index in [1.165, 1.54) is 12.1 Å². The molecule has 0 spiro atoms. The van der Waals surface area contributed by atoms with E-state index in [1.807, 2.05) is 6.92 Å². The summed E-state index contributed by atoms with van der Waals surface area (Å²) in [6, 6.07) is 4.62. The molecule has 0 saturated carbocycles. The number of rotatable bonds is 3. The monoisotopic (exact) mass is 183 g/mol. The van der Waals surface area contributed by atoms with Gasteiger partial charge in [-0.15, -0.1) is 0 Å². The Morgan fingerprint density at radius 3 is 2.54 bits per heavy atom. The second kappa shape index (κ2) is 4.11. The highest BCUT2D eigenvalue weighted by molar-refractivity contribution is 5.41. The number of phenols is 2. The zero-order chi connectivity index (χ0) is 9.84. The summed E-state index contributed by atoms with van der Waals surface area (Å²) in [6.07, 6.45) is 0. The lowest BCUT2D eigenvalue weighted by molar-refractivity contribution is 0.161. The Hall–Kier alpha value is -1.26. The van der Waals surface area contributed by atoms with Crippen molar-refractivity contribution in [1.29, 1.82) is 0 Å². The predicted molar refractivity (Wildman–Crippen MR) is 48.0 cm³/mol. The van der Waals surface area contributed by atoms with Crippen LogP contribution in [0.5, 0.6) is 11.5 Å². The molecule has 1 aromatic rings. The Kier molecular flexibility index (Phi) is 3.11. The van der Waals surface area contributed by atoms with Gasteiger partial charge in [0.15, 0.2) is 11.5 Å². The molecule has 0 fully saturated rings.